The van der Waals surface area contributed by atoms with E-state index in [1.54, 1.807) is 98.8 Å². The van der Waals surface area contributed by atoms with Gasteiger partial charge in [-0.2, -0.15) is 0 Å². The Bertz CT molecular complexity index is 2640. The first-order valence-electron chi connectivity index (χ1n) is 17.3. The molecule has 0 bridgehead atoms. The maximum Gasteiger partial charge on any atom is 1.00 e. The van der Waals surface area contributed by atoms with Crippen LogP contribution in [0, 0.1) is 37.1 Å². The molecule has 6 aromatic carbocycles. The van der Waals surface area contributed by atoms with Gasteiger partial charge in [-0.15, -0.1) is 0 Å². The molecule has 0 radical (unpaired) electrons. The molecule has 0 fully saturated rings. The molecule has 0 unspecified atom stereocenters. The number of halogens is 4. The van der Waals surface area contributed by atoms with E-state index in [-0.39, 0.29) is 63.1 Å². The zero-order valence-corrected chi connectivity index (χ0v) is 32.8. The molecule has 0 aliphatic carbocycles. The number of fused-ring (bicyclic) bond motifs is 2. The minimum atomic E-state index is -1.39. The second kappa shape index (κ2) is 16.9. The molecule has 2 aromatic heterocycles. The van der Waals surface area contributed by atoms with Crippen LogP contribution in [0.2, 0.25) is 0 Å². The van der Waals surface area contributed by atoms with E-state index < -0.39 is 23.6 Å². The van der Waals surface area contributed by atoms with Gasteiger partial charge in [0, 0.05) is 38.6 Å². The maximum atomic E-state index is 14.0. The number of carboxylic acids is 2. The van der Waals surface area contributed by atoms with Crippen LogP contribution in [0.3, 0.4) is 0 Å². The Labute approximate surface area is 346 Å². The third kappa shape index (κ3) is 8.20. The van der Waals surface area contributed by atoms with Crippen LogP contribution in [0.1, 0.15) is 31.8 Å². The number of hydrogen-bond donors (Lipinski definition) is 1. The number of benzene rings is 6. The van der Waals surface area contributed by atoms with Gasteiger partial charge in [0.25, 0.3) is 0 Å². The van der Waals surface area contributed by atoms with E-state index >= 15 is 0 Å². The van der Waals surface area contributed by atoms with Crippen molar-refractivity contribution in [2.45, 2.75) is 13.8 Å². The van der Waals surface area contributed by atoms with Crippen LogP contribution in [-0.4, -0.2) is 27.0 Å². The predicted octanol–water partition coefficient (Wildman–Crippen LogP) is 7.38. The van der Waals surface area contributed by atoms with E-state index in [1.807, 2.05) is 0 Å². The first-order valence-corrected chi connectivity index (χ1v) is 17.3. The summed E-state index contributed by atoms with van der Waals surface area (Å²) in [6.07, 6.45) is 0. The molecular weight excluding hydrogens is 743 g/mol. The Hall–Kier alpha value is -6.20. The predicted molar refractivity (Wildman–Crippen MR) is 206 cm³/mol. The van der Waals surface area contributed by atoms with E-state index in [1.165, 1.54) is 42.5 Å². The van der Waals surface area contributed by atoms with Crippen molar-refractivity contribution in [3.8, 4) is 44.8 Å². The summed E-state index contributed by atoms with van der Waals surface area (Å²) in [5.41, 5.74) is 6.23. The Morgan fingerprint density at radius 3 is 1.28 bits per heavy atom. The van der Waals surface area contributed by atoms with Gasteiger partial charge in [0.2, 0.25) is 0 Å². The fourth-order valence-electron chi connectivity index (χ4n) is 6.77. The molecule has 8 rings (SSSR count). The van der Waals surface area contributed by atoms with E-state index in [2.05, 4.69) is 9.97 Å². The van der Waals surface area contributed by atoms with Crippen molar-refractivity contribution < 1.29 is 66.9 Å². The number of hydrogen-bond acceptors (Lipinski definition) is 5. The molecule has 2 heterocycles. The smallest absolute Gasteiger partial charge is 0.545 e. The van der Waals surface area contributed by atoms with E-state index in [9.17, 15) is 37.4 Å². The number of carbonyl (C=O) groups excluding carboxylic acids is 1. The SMILES string of the molecule is Cc1c(-c2ccc(-c3ccccc3F)cc2)nc2ccc(F)cc2c1C(=O)O.Cc1c(-c2ccc(-c3ccccc3F)cc2)nc2ccc(F)cc2c1C(=O)[O-].[Na+]. The van der Waals surface area contributed by atoms with Crippen molar-refractivity contribution in [1.29, 1.82) is 0 Å². The minimum absolute atomic E-state index is 0. The minimum Gasteiger partial charge on any atom is -0.545 e. The Kier molecular flexibility index (Phi) is 12.0. The summed E-state index contributed by atoms with van der Waals surface area (Å²) < 4.78 is 55.2. The molecule has 57 heavy (non-hydrogen) atoms. The Morgan fingerprint density at radius 1 is 0.526 bits per heavy atom. The number of pyridine rings is 2. The molecule has 8 aromatic rings. The quantitative estimate of drug-likeness (QED) is 0.140. The van der Waals surface area contributed by atoms with Crippen molar-refractivity contribution in [2.24, 2.45) is 0 Å². The van der Waals surface area contributed by atoms with Gasteiger partial charge in [0.05, 0.1) is 34.0 Å². The number of aromatic nitrogens is 2. The summed E-state index contributed by atoms with van der Waals surface area (Å²) in [5, 5.41) is 21.8. The van der Waals surface area contributed by atoms with Gasteiger partial charge < -0.3 is 15.0 Å². The number of carbonyl (C=O) groups is 2. The van der Waals surface area contributed by atoms with Gasteiger partial charge in [0.1, 0.15) is 23.3 Å². The number of rotatable bonds is 6. The molecule has 0 aliphatic rings. The maximum absolute atomic E-state index is 14.0. The largest absolute Gasteiger partial charge is 1.00 e. The van der Waals surface area contributed by atoms with Crippen LogP contribution >= 0.6 is 0 Å². The Morgan fingerprint density at radius 2 is 0.895 bits per heavy atom. The van der Waals surface area contributed by atoms with Gasteiger partial charge >= 0.3 is 35.5 Å². The van der Waals surface area contributed by atoms with Crippen LogP contribution in [0.15, 0.2) is 133 Å². The summed E-state index contributed by atoms with van der Waals surface area (Å²) in [6.45, 7) is 3.27. The van der Waals surface area contributed by atoms with Crippen LogP contribution in [-0.2, 0) is 0 Å². The third-order valence-corrected chi connectivity index (χ3v) is 9.49. The average molecular weight is 773 g/mol. The van der Waals surface area contributed by atoms with Crippen molar-refractivity contribution in [2.75, 3.05) is 0 Å². The zero-order valence-electron chi connectivity index (χ0n) is 30.8. The summed E-state index contributed by atoms with van der Waals surface area (Å²) in [4.78, 5) is 32.6. The van der Waals surface area contributed by atoms with Crippen LogP contribution in [0.4, 0.5) is 17.6 Å². The monoisotopic (exact) mass is 772 g/mol. The summed E-state index contributed by atoms with van der Waals surface area (Å²) in [7, 11) is 0. The van der Waals surface area contributed by atoms with Crippen molar-refractivity contribution in [3.63, 3.8) is 0 Å². The first-order chi connectivity index (χ1) is 26.9. The van der Waals surface area contributed by atoms with Crippen molar-refractivity contribution in [1.82, 2.24) is 9.97 Å². The zero-order chi connectivity index (χ0) is 39.7. The molecule has 276 valence electrons. The second-order valence-corrected chi connectivity index (χ2v) is 13.0. The molecule has 0 atom stereocenters. The normalized spacial score (nSPS) is 10.8. The van der Waals surface area contributed by atoms with Crippen LogP contribution in [0.25, 0.3) is 66.6 Å². The average Bonchev–Trinajstić information content (AvgIpc) is 3.18. The van der Waals surface area contributed by atoms with Gasteiger partial charge in [-0.05, 0) is 84.6 Å². The molecule has 0 spiro atoms. The molecule has 0 amide bonds. The van der Waals surface area contributed by atoms with Gasteiger partial charge in [0.15, 0.2) is 0 Å². The standard InChI is InChI=1S/2C23H15F2NO2.Na/c2*1-13-21(23(27)28)18-12-16(24)10-11-20(18)26-22(13)15-8-6-14(7-9-15)17-4-2-3-5-19(17)25;/h2*2-12H,1H3,(H,27,28);/q;;+1/p-1. The Balaban J connectivity index is 0.000000189. The molecule has 1 N–H and O–H groups in total. The van der Waals surface area contributed by atoms with Gasteiger partial charge in [-0.3, -0.25) is 0 Å². The molecule has 0 saturated carbocycles. The van der Waals surface area contributed by atoms with E-state index in [4.69, 9.17) is 0 Å². The topological polar surface area (TPSA) is 103 Å². The van der Waals surface area contributed by atoms with E-state index in [0.29, 0.717) is 66.9 Å². The molecule has 11 heteroatoms. The van der Waals surface area contributed by atoms with Gasteiger partial charge in [-0.25, -0.2) is 32.3 Å². The number of carboxylic acid groups (broad SMARTS) is 2. The number of nitrogens with zero attached hydrogens (tertiary/aromatic N) is 2. The number of aromatic carboxylic acids is 2. The fourth-order valence-corrected chi connectivity index (χ4v) is 6.77. The molecule has 6 nitrogen and oxygen atoms in total. The third-order valence-electron chi connectivity index (χ3n) is 9.49. The molecular formula is C46H29F4N2NaO4. The fraction of sp³-hybridized carbons (Fsp3) is 0.0435. The van der Waals surface area contributed by atoms with Gasteiger partial charge in [-0.1, -0.05) is 84.9 Å². The van der Waals surface area contributed by atoms with Crippen molar-refractivity contribution in [3.05, 3.63) is 179 Å². The molecule has 0 saturated heterocycles. The molecule has 0 aliphatic heterocycles. The first kappa shape index (κ1) is 40.5. The van der Waals surface area contributed by atoms with Crippen molar-refractivity contribution >= 4 is 33.7 Å². The van der Waals surface area contributed by atoms with E-state index in [0.717, 1.165) is 6.07 Å². The summed E-state index contributed by atoms with van der Waals surface area (Å²) in [6, 6.07) is 34.8. The summed E-state index contributed by atoms with van der Waals surface area (Å²) in [5.74, 6) is -4.22. The van der Waals surface area contributed by atoms with Crippen LogP contribution in [0.5, 0.6) is 0 Å². The van der Waals surface area contributed by atoms with Crippen LogP contribution < -0.4 is 34.7 Å². The summed E-state index contributed by atoms with van der Waals surface area (Å²) >= 11 is 0. The second-order valence-electron chi connectivity index (χ2n) is 13.0.